The molecule has 33 heavy (non-hydrogen) atoms. The maximum atomic E-state index is 13.2. The zero-order valence-corrected chi connectivity index (χ0v) is 19.2. The maximum Gasteiger partial charge on any atom is 0.416 e. The first kappa shape index (κ1) is 24.5. The number of sulfonamides is 1. The summed E-state index contributed by atoms with van der Waals surface area (Å²) in [5.74, 6) is -0.833. The number of carbonyl (C=O) groups excluding carboxylic acids is 1. The lowest BCUT2D eigenvalue weighted by molar-refractivity contribution is -0.137. The number of carbonyl (C=O) groups is 1. The third kappa shape index (κ3) is 6.42. The molecule has 0 heterocycles. The Morgan fingerprint density at radius 2 is 1.67 bits per heavy atom. The highest BCUT2D eigenvalue weighted by molar-refractivity contribution is 9.10. The predicted octanol–water partition coefficient (Wildman–Crippen LogP) is 4.81. The minimum absolute atomic E-state index is 0.173. The number of nitrogens with one attached hydrogen (secondary N) is 1. The van der Waals surface area contributed by atoms with Gasteiger partial charge >= 0.3 is 6.18 Å². The summed E-state index contributed by atoms with van der Waals surface area (Å²) in [5, 5.41) is 3.79. The molecule has 0 saturated heterocycles. The van der Waals surface area contributed by atoms with Crippen LogP contribution in [0.1, 0.15) is 11.1 Å². The van der Waals surface area contributed by atoms with E-state index in [1.807, 2.05) is 0 Å². The van der Waals surface area contributed by atoms with Crippen LogP contribution in [0.5, 0.6) is 0 Å². The molecule has 11 heteroatoms. The summed E-state index contributed by atoms with van der Waals surface area (Å²) >= 11 is 3.29. The van der Waals surface area contributed by atoms with Crippen LogP contribution in [0, 0.1) is 0 Å². The van der Waals surface area contributed by atoms with Crippen LogP contribution in [0.2, 0.25) is 0 Å². The van der Waals surface area contributed by atoms with Crippen LogP contribution in [-0.2, 0) is 21.0 Å². The zero-order valence-electron chi connectivity index (χ0n) is 16.8. The fourth-order valence-electron chi connectivity index (χ4n) is 2.77. The molecule has 0 bridgehead atoms. The highest BCUT2D eigenvalue weighted by Crippen LogP contribution is 2.33. The molecule has 0 aliphatic rings. The van der Waals surface area contributed by atoms with Crippen LogP contribution in [0.3, 0.4) is 0 Å². The van der Waals surface area contributed by atoms with Gasteiger partial charge in [0.1, 0.15) is 6.54 Å². The number of rotatable bonds is 7. The lowest BCUT2D eigenvalue weighted by atomic mass is 10.2. The molecule has 0 aromatic heterocycles. The molecular weight excluding hydrogens is 523 g/mol. The van der Waals surface area contributed by atoms with E-state index in [1.165, 1.54) is 36.5 Å². The molecule has 0 radical (unpaired) electrons. The number of hydrogen-bond acceptors (Lipinski definition) is 4. The first-order valence-corrected chi connectivity index (χ1v) is 11.6. The Kier molecular flexibility index (Phi) is 7.54. The fraction of sp³-hybridized carbons (Fsp3) is 0.0909. The molecule has 0 aliphatic carbocycles. The number of amides is 1. The van der Waals surface area contributed by atoms with Crippen molar-refractivity contribution in [1.82, 2.24) is 5.43 Å². The second kappa shape index (κ2) is 10.2. The molecule has 3 aromatic rings. The lowest BCUT2D eigenvalue weighted by Crippen LogP contribution is -2.39. The smallest absolute Gasteiger partial charge is 0.271 e. The van der Waals surface area contributed by atoms with Gasteiger partial charge in [-0.1, -0.05) is 52.3 Å². The van der Waals surface area contributed by atoms with E-state index in [0.29, 0.717) is 15.9 Å². The van der Waals surface area contributed by atoms with Gasteiger partial charge in [-0.2, -0.15) is 18.3 Å². The minimum Gasteiger partial charge on any atom is -0.271 e. The summed E-state index contributed by atoms with van der Waals surface area (Å²) in [4.78, 5) is 12.3. The molecule has 1 N–H and O–H groups in total. The van der Waals surface area contributed by atoms with Gasteiger partial charge in [0.05, 0.1) is 22.4 Å². The summed E-state index contributed by atoms with van der Waals surface area (Å²) < 4.78 is 67.4. The van der Waals surface area contributed by atoms with Gasteiger partial charge in [-0.25, -0.2) is 13.8 Å². The molecule has 3 rings (SSSR count). The largest absolute Gasteiger partial charge is 0.416 e. The number of alkyl halides is 3. The molecule has 0 aliphatic heterocycles. The van der Waals surface area contributed by atoms with E-state index in [1.54, 1.807) is 30.3 Å². The number of hydrogen-bond donors (Lipinski definition) is 1. The molecule has 1 amide bonds. The van der Waals surface area contributed by atoms with Crippen molar-refractivity contribution >= 4 is 43.8 Å². The van der Waals surface area contributed by atoms with Gasteiger partial charge in [0, 0.05) is 4.47 Å². The summed E-state index contributed by atoms with van der Waals surface area (Å²) in [6.45, 7) is -0.782. The van der Waals surface area contributed by atoms with E-state index < -0.39 is 34.2 Å². The summed E-state index contributed by atoms with van der Waals surface area (Å²) in [6, 6.07) is 17.9. The number of benzene rings is 3. The number of anilines is 1. The van der Waals surface area contributed by atoms with E-state index >= 15 is 0 Å². The van der Waals surface area contributed by atoms with Crippen molar-refractivity contribution in [3.8, 4) is 0 Å². The third-order valence-electron chi connectivity index (χ3n) is 4.35. The predicted molar refractivity (Wildman–Crippen MR) is 122 cm³/mol. The van der Waals surface area contributed by atoms with Crippen molar-refractivity contribution in [2.45, 2.75) is 11.1 Å². The molecule has 0 atom stereocenters. The van der Waals surface area contributed by atoms with E-state index in [2.05, 4.69) is 26.5 Å². The summed E-state index contributed by atoms with van der Waals surface area (Å²) in [7, 11) is -4.35. The molecule has 172 valence electrons. The Hall–Kier alpha value is -3.18. The topological polar surface area (TPSA) is 78.8 Å². The molecule has 0 unspecified atom stereocenters. The maximum absolute atomic E-state index is 13.2. The number of halogens is 4. The van der Waals surface area contributed by atoms with Crippen molar-refractivity contribution in [1.29, 1.82) is 0 Å². The van der Waals surface area contributed by atoms with Gasteiger partial charge in [0.2, 0.25) is 0 Å². The lowest BCUT2D eigenvalue weighted by Gasteiger charge is -2.24. The SMILES string of the molecule is O=C(CN(c1cccc(C(F)(F)F)c1)S(=O)(=O)c1ccccc1)N/N=C\c1ccc(Br)cc1. The number of nitrogens with zero attached hydrogens (tertiary/aromatic N) is 2. The minimum atomic E-state index is -4.69. The van der Waals surface area contributed by atoms with Gasteiger partial charge in [-0.15, -0.1) is 0 Å². The normalized spacial score (nSPS) is 12.0. The van der Waals surface area contributed by atoms with Crippen LogP contribution in [0.4, 0.5) is 18.9 Å². The Morgan fingerprint density at radius 3 is 2.30 bits per heavy atom. The highest BCUT2D eigenvalue weighted by atomic mass is 79.9. The first-order valence-electron chi connectivity index (χ1n) is 9.40. The van der Waals surface area contributed by atoms with Crippen molar-refractivity contribution in [2.24, 2.45) is 5.10 Å². The van der Waals surface area contributed by atoms with Crippen LogP contribution in [0.25, 0.3) is 0 Å². The molecule has 0 spiro atoms. The van der Waals surface area contributed by atoms with Gasteiger partial charge in [0.15, 0.2) is 0 Å². The molecule has 6 nitrogen and oxygen atoms in total. The first-order chi connectivity index (χ1) is 15.6. The van der Waals surface area contributed by atoms with Crippen LogP contribution < -0.4 is 9.73 Å². The van der Waals surface area contributed by atoms with Crippen molar-refractivity contribution < 1.29 is 26.4 Å². The van der Waals surface area contributed by atoms with E-state index in [-0.39, 0.29) is 10.6 Å². The molecule has 0 saturated carbocycles. The van der Waals surface area contributed by atoms with E-state index in [9.17, 15) is 26.4 Å². The van der Waals surface area contributed by atoms with Gasteiger partial charge in [-0.3, -0.25) is 9.10 Å². The number of hydrazone groups is 1. The average Bonchev–Trinajstić information content (AvgIpc) is 2.79. The Bertz CT molecular complexity index is 1250. The van der Waals surface area contributed by atoms with Crippen LogP contribution in [0.15, 0.2) is 93.3 Å². The molecule has 0 fully saturated rings. The van der Waals surface area contributed by atoms with Gasteiger partial charge in [0.25, 0.3) is 15.9 Å². The second-order valence-electron chi connectivity index (χ2n) is 6.72. The van der Waals surface area contributed by atoms with Crippen molar-refractivity contribution in [2.75, 3.05) is 10.8 Å². The quantitative estimate of drug-likeness (QED) is 0.345. The van der Waals surface area contributed by atoms with Crippen molar-refractivity contribution in [3.05, 3.63) is 94.5 Å². The third-order valence-corrected chi connectivity index (χ3v) is 6.67. The van der Waals surface area contributed by atoms with Crippen LogP contribution >= 0.6 is 15.9 Å². The van der Waals surface area contributed by atoms with E-state index in [0.717, 1.165) is 16.6 Å². The average molecular weight is 540 g/mol. The Balaban J connectivity index is 1.89. The fourth-order valence-corrected chi connectivity index (χ4v) is 4.46. The summed E-state index contributed by atoms with van der Waals surface area (Å²) in [5.41, 5.74) is 1.53. The molecular formula is C22H17BrF3N3O3S. The van der Waals surface area contributed by atoms with Crippen molar-refractivity contribution in [3.63, 3.8) is 0 Å². The zero-order chi connectivity index (χ0) is 24.1. The van der Waals surface area contributed by atoms with Gasteiger partial charge < -0.3 is 0 Å². The Morgan fingerprint density at radius 1 is 1.00 bits per heavy atom. The summed E-state index contributed by atoms with van der Waals surface area (Å²) in [6.07, 6.45) is -3.33. The Labute approximate surface area is 196 Å². The van der Waals surface area contributed by atoms with Gasteiger partial charge in [-0.05, 0) is 48.0 Å². The van der Waals surface area contributed by atoms with E-state index in [4.69, 9.17) is 0 Å². The highest BCUT2D eigenvalue weighted by Gasteiger charge is 2.33. The standard InChI is InChI=1S/C22H17BrF3N3O3S/c23-18-11-9-16(10-12-18)14-27-28-21(30)15-29(33(31,32)20-7-2-1-3-8-20)19-6-4-5-17(13-19)22(24,25)26/h1-14H,15H2,(H,28,30)/b27-14-. The van der Waals surface area contributed by atoms with Crippen LogP contribution in [-0.4, -0.2) is 27.1 Å². The monoisotopic (exact) mass is 539 g/mol. The molecule has 3 aromatic carbocycles. The second-order valence-corrected chi connectivity index (χ2v) is 9.50.